The summed E-state index contributed by atoms with van der Waals surface area (Å²) in [4.78, 5) is 9.58. The first-order valence-corrected chi connectivity index (χ1v) is 13.5. The predicted octanol–water partition coefficient (Wildman–Crippen LogP) is 2.22. The maximum Gasteiger partial charge on any atom is 0.211 e. The Balaban J connectivity index is 1.49. The maximum atomic E-state index is 11.7. The predicted molar refractivity (Wildman–Crippen MR) is 128 cm³/mol. The lowest BCUT2D eigenvalue weighted by molar-refractivity contribution is 0.0372. The van der Waals surface area contributed by atoms with E-state index in [4.69, 9.17) is 0 Å². The van der Waals surface area contributed by atoms with Crippen LogP contribution in [0, 0.1) is 5.92 Å². The molecule has 0 radical (unpaired) electrons. The zero-order valence-corrected chi connectivity index (χ0v) is 20.1. The third kappa shape index (κ3) is 6.67. The minimum Gasteiger partial charge on any atom is -0.356 e. The number of rotatable bonds is 8. The SMILES string of the molecule is CCN(CCCNC(=NC)N1CCC2C(CCCN2Cc2ccccc2)C1)S(C)(=O)=O. The lowest BCUT2D eigenvalue weighted by Crippen LogP contribution is -2.56. The third-order valence-corrected chi connectivity index (χ3v) is 7.99. The Morgan fingerprint density at radius 3 is 2.68 bits per heavy atom. The Labute approximate surface area is 188 Å². The maximum absolute atomic E-state index is 11.7. The average molecular weight is 450 g/mol. The van der Waals surface area contributed by atoms with E-state index < -0.39 is 10.0 Å². The van der Waals surface area contributed by atoms with Crippen LogP contribution in [0.4, 0.5) is 0 Å². The number of benzene rings is 1. The topological polar surface area (TPSA) is 68.2 Å². The standard InChI is InChI=1S/C23H39N5O2S/c1-4-28(31(3,29)30)16-9-14-25-23(24-2)27-17-13-22-21(19-27)12-8-15-26(22)18-20-10-6-5-7-11-20/h5-7,10-11,21-22H,4,8-9,12-19H2,1-3H3,(H,24,25). The molecule has 1 aromatic rings. The molecule has 2 aliphatic heterocycles. The molecule has 1 N–H and O–H groups in total. The van der Waals surface area contributed by atoms with Gasteiger partial charge in [0.15, 0.2) is 5.96 Å². The Hall–Kier alpha value is -1.64. The fourth-order valence-corrected chi connectivity index (χ4v) is 5.99. The number of hydrogen-bond donors (Lipinski definition) is 1. The van der Waals surface area contributed by atoms with Crippen LogP contribution < -0.4 is 5.32 Å². The molecule has 2 saturated heterocycles. The first-order chi connectivity index (χ1) is 14.9. The molecule has 2 aliphatic rings. The molecule has 0 saturated carbocycles. The van der Waals surface area contributed by atoms with Crippen LogP contribution in [0.1, 0.15) is 38.2 Å². The number of guanidine groups is 1. The van der Waals surface area contributed by atoms with E-state index in [2.05, 4.69) is 50.4 Å². The van der Waals surface area contributed by atoms with E-state index in [1.54, 1.807) is 0 Å². The summed E-state index contributed by atoms with van der Waals surface area (Å²) in [7, 11) is -1.28. The lowest BCUT2D eigenvalue weighted by atomic mass is 9.83. The largest absolute Gasteiger partial charge is 0.356 e. The molecule has 2 unspecified atom stereocenters. The number of fused-ring (bicyclic) bond motifs is 1. The van der Waals surface area contributed by atoms with Crippen LogP contribution in [0.5, 0.6) is 0 Å². The van der Waals surface area contributed by atoms with Crippen LogP contribution in [0.15, 0.2) is 35.3 Å². The molecular formula is C23H39N5O2S. The average Bonchev–Trinajstić information content (AvgIpc) is 2.76. The van der Waals surface area contributed by atoms with Crippen molar-refractivity contribution in [3.8, 4) is 0 Å². The number of nitrogens with one attached hydrogen (secondary N) is 1. The number of nitrogens with zero attached hydrogens (tertiary/aromatic N) is 4. The van der Waals surface area contributed by atoms with Crippen molar-refractivity contribution in [2.45, 2.75) is 45.2 Å². The first-order valence-electron chi connectivity index (χ1n) is 11.6. The summed E-state index contributed by atoms with van der Waals surface area (Å²) in [5, 5.41) is 3.46. The molecular weight excluding hydrogens is 410 g/mol. The van der Waals surface area contributed by atoms with Gasteiger partial charge in [0.2, 0.25) is 10.0 Å². The van der Waals surface area contributed by atoms with Gasteiger partial charge >= 0.3 is 0 Å². The van der Waals surface area contributed by atoms with Gasteiger partial charge in [0.25, 0.3) is 0 Å². The van der Waals surface area contributed by atoms with Crippen molar-refractivity contribution in [1.82, 2.24) is 19.4 Å². The van der Waals surface area contributed by atoms with Crippen molar-refractivity contribution in [1.29, 1.82) is 0 Å². The van der Waals surface area contributed by atoms with Gasteiger partial charge in [-0.3, -0.25) is 9.89 Å². The summed E-state index contributed by atoms with van der Waals surface area (Å²) >= 11 is 0. The highest BCUT2D eigenvalue weighted by Crippen LogP contribution is 2.31. The Morgan fingerprint density at radius 1 is 1.23 bits per heavy atom. The van der Waals surface area contributed by atoms with Gasteiger partial charge in [0.1, 0.15) is 0 Å². The second-order valence-electron chi connectivity index (χ2n) is 8.74. The second-order valence-corrected chi connectivity index (χ2v) is 10.7. The van der Waals surface area contributed by atoms with Gasteiger partial charge in [-0.15, -0.1) is 0 Å². The molecule has 2 heterocycles. The summed E-state index contributed by atoms with van der Waals surface area (Å²) < 4.78 is 25.0. The van der Waals surface area contributed by atoms with Gasteiger partial charge in [-0.2, -0.15) is 0 Å². The van der Waals surface area contributed by atoms with Crippen molar-refractivity contribution >= 4 is 16.0 Å². The number of hydrogen-bond acceptors (Lipinski definition) is 4. The van der Waals surface area contributed by atoms with Crippen LogP contribution in [0.3, 0.4) is 0 Å². The van der Waals surface area contributed by atoms with Gasteiger partial charge < -0.3 is 10.2 Å². The van der Waals surface area contributed by atoms with Crippen LogP contribution in [0.2, 0.25) is 0 Å². The van der Waals surface area contributed by atoms with E-state index in [0.717, 1.165) is 45.0 Å². The van der Waals surface area contributed by atoms with Crippen molar-refractivity contribution in [2.75, 3.05) is 52.6 Å². The van der Waals surface area contributed by atoms with Crippen molar-refractivity contribution in [2.24, 2.45) is 10.9 Å². The van der Waals surface area contributed by atoms with Crippen LogP contribution in [0.25, 0.3) is 0 Å². The van der Waals surface area contributed by atoms with Crippen molar-refractivity contribution < 1.29 is 8.42 Å². The normalized spacial score (nSPS) is 23.1. The third-order valence-electron chi connectivity index (χ3n) is 6.61. The van der Waals surface area contributed by atoms with E-state index in [-0.39, 0.29) is 0 Å². The molecule has 8 heteroatoms. The zero-order chi connectivity index (χ0) is 22.3. The smallest absolute Gasteiger partial charge is 0.211 e. The van der Waals surface area contributed by atoms with E-state index in [1.165, 1.54) is 35.5 Å². The second kappa shape index (κ2) is 11.3. The summed E-state index contributed by atoms with van der Waals surface area (Å²) in [6.45, 7) is 7.95. The van der Waals surface area contributed by atoms with Gasteiger partial charge in [-0.1, -0.05) is 37.3 Å². The van der Waals surface area contributed by atoms with Crippen molar-refractivity contribution in [3.63, 3.8) is 0 Å². The van der Waals surface area contributed by atoms with Gasteiger partial charge in [0, 0.05) is 52.4 Å². The minimum absolute atomic E-state index is 0.516. The van der Waals surface area contributed by atoms with Gasteiger partial charge in [0.05, 0.1) is 6.26 Å². The molecule has 174 valence electrons. The van der Waals surface area contributed by atoms with E-state index in [0.29, 0.717) is 25.0 Å². The number of piperidine rings is 2. The highest BCUT2D eigenvalue weighted by molar-refractivity contribution is 7.88. The van der Waals surface area contributed by atoms with Gasteiger partial charge in [-0.05, 0) is 43.7 Å². The van der Waals surface area contributed by atoms with Crippen molar-refractivity contribution in [3.05, 3.63) is 35.9 Å². The fraction of sp³-hybridized carbons (Fsp3) is 0.696. The Morgan fingerprint density at radius 2 is 2.00 bits per heavy atom. The first kappa shape index (κ1) is 24.0. The summed E-state index contributed by atoms with van der Waals surface area (Å²) in [5.74, 6) is 1.62. The molecule has 7 nitrogen and oxygen atoms in total. The number of likely N-dealkylation sites (tertiary alicyclic amines) is 2. The van der Waals surface area contributed by atoms with E-state index in [9.17, 15) is 8.42 Å². The lowest BCUT2D eigenvalue weighted by Gasteiger charge is -2.48. The highest BCUT2D eigenvalue weighted by atomic mass is 32.2. The molecule has 31 heavy (non-hydrogen) atoms. The van der Waals surface area contributed by atoms with Crippen LogP contribution >= 0.6 is 0 Å². The number of aliphatic imine (C=N–C) groups is 1. The van der Waals surface area contributed by atoms with E-state index >= 15 is 0 Å². The molecule has 0 amide bonds. The molecule has 2 atom stereocenters. The summed E-state index contributed by atoms with van der Waals surface area (Å²) in [6, 6.07) is 11.5. The monoisotopic (exact) mass is 449 g/mol. The molecule has 0 spiro atoms. The molecule has 0 bridgehead atoms. The zero-order valence-electron chi connectivity index (χ0n) is 19.3. The Bertz CT molecular complexity index is 815. The summed E-state index contributed by atoms with van der Waals surface area (Å²) in [5.41, 5.74) is 1.40. The fourth-order valence-electron chi connectivity index (χ4n) is 5.06. The number of sulfonamides is 1. The molecule has 3 rings (SSSR count). The van der Waals surface area contributed by atoms with Gasteiger partial charge in [-0.25, -0.2) is 12.7 Å². The molecule has 0 aliphatic carbocycles. The Kier molecular flexibility index (Phi) is 8.75. The van der Waals surface area contributed by atoms with E-state index in [1.807, 2.05) is 14.0 Å². The highest BCUT2D eigenvalue weighted by Gasteiger charge is 2.36. The minimum atomic E-state index is -3.12. The van der Waals surface area contributed by atoms with Crippen LogP contribution in [-0.2, 0) is 16.6 Å². The summed E-state index contributed by atoms with van der Waals surface area (Å²) in [6.07, 6.45) is 5.74. The molecule has 1 aromatic carbocycles. The molecule has 0 aromatic heterocycles. The molecule has 2 fully saturated rings. The quantitative estimate of drug-likeness (QED) is 0.374. The van der Waals surface area contributed by atoms with Crippen LogP contribution in [-0.4, -0.2) is 87.1 Å².